The first kappa shape index (κ1) is 23.4. The van der Waals surface area contributed by atoms with Gasteiger partial charge < -0.3 is 9.47 Å². The lowest BCUT2D eigenvalue weighted by Gasteiger charge is -2.35. The summed E-state index contributed by atoms with van der Waals surface area (Å²) in [6, 6.07) is 15.1. The molecule has 0 unspecified atom stereocenters. The molecule has 1 aliphatic rings. The molecule has 8 heteroatoms. The molecule has 1 aliphatic heterocycles. The number of imidazole rings is 1. The predicted molar refractivity (Wildman–Crippen MR) is 141 cm³/mol. The van der Waals surface area contributed by atoms with Gasteiger partial charge in [-0.2, -0.15) is 4.98 Å². The third-order valence-electron chi connectivity index (χ3n) is 7.15. The van der Waals surface area contributed by atoms with Gasteiger partial charge in [-0.05, 0) is 22.8 Å². The van der Waals surface area contributed by atoms with Gasteiger partial charge >= 0.3 is 5.69 Å². The standard InChI is InChI=1S/C27H34N6O2/c1-3-4-5-8-14-33-23-24(30(2)27(35)29-25(23)34)28-26(33)32-17-15-31(16-18-32)19-21-12-9-11-20-10-6-7-13-22(20)21/h6-7,9-13H,3-5,8,14-19H2,1-2H3,(H,29,34,35). The Morgan fingerprint density at radius 3 is 2.51 bits per heavy atom. The fourth-order valence-corrected chi connectivity index (χ4v) is 5.15. The number of H-pyrrole nitrogens is 1. The van der Waals surface area contributed by atoms with Crippen LogP contribution in [-0.4, -0.2) is 50.2 Å². The highest BCUT2D eigenvalue weighted by molar-refractivity contribution is 5.85. The third-order valence-corrected chi connectivity index (χ3v) is 7.15. The number of aromatic amines is 1. The maximum atomic E-state index is 12.8. The summed E-state index contributed by atoms with van der Waals surface area (Å²) in [7, 11) is 1.67. The number of nitrogens with zero attached hydrogens (tertiary/aromatic N) is 5. The minimum Gasteiger partial charge on any atom is -0.340 e. The number of aromatic nitrogens is 4. The Balaban J connectivity index is 1.38. The molecule has 5 rings (SSSR count). The van der Waals surface area contributed by atoms with Crippen molar-refractivity contribution in [3.63, 3.8) is 0 Å². The molecule has 35 heavy (non-hydrogen) atoms. The van der Waals surface area contributed by atoms with Crippen molar-refractivity contribution in [2.24, 2.45) is 7.05 Å². The van der Waals surface area contributed by atoms with E-state index in [9.17, 15) is 9.59 Å². The molecule has 0 amide bonds. The first-order valence-electron chi connectivity index (χ1n) is 12.7. The molecule has 4 aromatic rings. The van der Waals surface area contributed by atoms with Crippen molar-refractivity contribution in [1.29, 1.82) is 0 Å². The van der Waals surface area contributed by atoms with Crippen LogP contribution in [0.15, 0.2) is 52.1 Å². The van der Waals surface area contributed by atoms with E-state index < -0.39 is 5.69 Å². The Kier molecular flexibility index (Phi) is 6.72. The van der Waals surface area contributed by atoms with Gasteiger partial charge in [0, 0.05) is 46.3 Å². The van der Waals surface area contributed by atoms with Crippen molar-refractivity contribution in [3.8, 4) is 0 Å². The second-order valence-electron chi connectivity index (χ2n) is 9.52. The van der Waals surface area contributed by atoms with E-state index in [1.54, 1.807) is 7.05 Å². The lowest BCUT2D eigenvalue weighted by molar-refractivity contribution is 0.249. The topological polar surface area (TPSA) is 79.2 Å². The summed E-state index contributed by atoms with van der Waals surface area (Å²) in [5.41, 5.74) is 1.52. The van der Waals surface area contributed by atoms with Crippen LogP contribution in [0, 0.1) is 0 Å². The van der Waals surface area contributed by atoms with Crippen LogP contribution in [0.1, 0.15) is 38.2 Å². The van der Waals surface area contributed by atoms with Crippen molar-refractivity contribution in [3.05, 3.63) is 68.9 Å². The Labute approximate surface area is 204 Å². The molecule has 0 saturated carbocycles. The molecular weight excluding hydrogens is 440 g/mol. The van der Waals surface area contributed by atoms with Crippen molar-refractivity contribution < 1.29 is 0 Å². The number of rotatable bonds is 8. The van der Waals surface area contributed by atoms with Gasteiger partial charge in [0.25, 0.3) is 5.56 Å². The van der Waals surface area contributed by atoms with Gasteiger partial charge in [-0.3, -0.25) is 19.2 Å². The molecule has 0 bridgehead atoms. The van der Waals surface area contributed by atoms with Crippen molar-refractivity contribution in [1.82, 2.24) is 24.0 Å². The van der Waals surface area contributed by atoms with Crippen LogP contribution >= 0.6 is 0 Å². The summed E-state index contributed by atoms with van der Waals surface area (Å²) in [5, 5.41) is 2.59. The van der Waals surface area contributed by atoms with Gasteiger partial charge in [0.2, 0.25) is 5.95 Å². The molecule has 1 saturated heterocycles. The van der Waals surface area contributed by atoms with Gasteiger partial charge in [0.15, 0.2) is 11.2 Å². The van der Waals surface area contributed by atoms with Crippen LogP contribution in [0.5, 0.6) is 0 Å². The minimum absolute atomic E-state index is 0.355. The fraction of sp³-hybridized carbons (Fsp3) is 0.444. The number of anilines is 1. The number of aryl methyl sites for hydroxylation is 2. The average Bonchev–Trinajstić information content (AvgIpc) is 3.26. The van der Waals surface area contributed by atoms with E-state index in [1.807, 2.05) is 4.57 Å². The monoisotopic (exact) mass is 474 g/mol. The summed E-state index contributed by atoms with van der Waals surface area (Å²) in [5.74, 6) is 0.799. The summed E-state index contributed by atoms with van der Waals surface area (Å²) >= 11 is 0. The summed E-state index contributed by atoms with van der Waals surface area (Å²) in [4.78, 5) is 37.0. The largest absolute Gasteiger partial charge is 0.340 e. The molecule has 0 spiro atoms. The molecule has 1 fully saturated rings. The lowest BCUT2D eigenvalue weighted by Crippen LogP contribution is -2.47. The molecule has 2 aromatic heterocycles. The van der Waals surface area contributed by atoms with E-state index in [4.69, 9.17) is 4.98 Å². The molecule has 2 aromatic carbocycles. The van der Waals surface area contributed by atoms with Gasteiger partial charge in [-0.15, -0.1) is 0 Å². The number of fused-ring (bicyclic) bond motifs is 2. The molecule has 0 atom stereocenters. The average molecular weight is 475 g/mol. The van der Waals surface area contributed by atoms with Crippen molar-refractivity contribution >= 4 is 27.9 Å². The van der Waals surface area contributed by atoms with Crippen LogP contribution in [0.2, 0.25) is 0 Å². The smallest absolute Gasteiger partial charge is 0.329 e. The van der Waals surface area contributed by atoms with Crippen LogP contribution in [0.4, 0.5) is 5.95 Å². The first-order valence-corrected chi connectivity index (χ1v) is 12.7. The Bertz CT molecular complexity index is 1440. The number of benzene rings is 2. The van der Waals surface area contributed by atoms with E-state index in [1.165, 1.54) is 27.3 Å². The van der Waals surface area contributed by atoms with E-state index in [-0.39, 0.29) is 5.56 Å². The molecule has 3 heterocycles. The van der Waals surface area contributed by atoms with E-state index >= 15 is 0 Å². The van der Waals surface area contributed by atoms with Gasteiger partial charge in [0.1, 0.15) is 0 Å². The zero-order valence-electron chi connectivity index (χ0n) is 20.7. The number of unbranched alkanes of at least 4 members (excludes halogenated alkanes) is 3. The maximum absolute atomic E-state index is 12.8. The highest BCUT2D eigenvalue weighted by Crippen LogP contribution is 2.24. The molecule has 0 aliphatic carbocycles. The predicted octanol–water partition coefficient (Wildman–Crippen LogP) is 3.48. The Morgan fingerprint density at radius 1 is 0.943 bits per heavy atom. The number of piperazine rings is 1. The molecule has 184 valence electrons. The maximum Gasteiger partial charge on any atom is 0.329 e. The summed E-state index contributed by atoms with van der Waals surface area (Å²) in [6.07, 6.45) is 4.42. The minimum atomic E-state index is -0.426. The van der Waals surface area contributed by atoms with E-state index in [0.29, 0.717) is 11.2 Å². The SMILES string of the molecule is CCCCCCn1c(N2CCN(Cc3cccc4ccccc34)CC2)nc2c1c(=O)[nH]c(=O)n2C. The van der Waals surface area contributed by atoms with Gasteiger partial charge in [0.05, 0.1) is 0 Å². The molecule has 8 nitrogen and oxygen atoms in total. The van der Waals surface area contributed by atoms with Gasteiger partial charge in [-0.1, -0.05) is 68.7 Å². The van der Waals surface area contributed by atoms with E-state index in [2.05, 4.69) is 64.2 Å². The third kappa shape index (κ3) is 4.62. The fourth-order valence-electron chi connectivity index (χ4n) is 5.15. The second-order valence-corrected chi connectivity index (χ2v) is 9.52. The highest BCUT2D eigenvalue weighted by atomic mass is 16.2. The van der Waals surface area contributed by atoms with E-state index in [0.717, 1.165) is 64.5 Å². The van der Waals surface area contributed by atoms with Crippen LogP contribution in [0.25, 0.3) is 21.9 Å². The number of hydrogen-bond acceptors (Lipinski definition) is 5. The molecule has 0 radical (unpaired) electrons. The van der Waals surface area contributed by atoms with Crippen LogP contribution < -0.4 is 16.1 Å². The van der Waals surface area contributed by atoms with Crippen LogP contribution in [0.3, 0.4) is 0 Å². The highest BCUT2D eigenvalue weighted by Gasteiger charge is 2.25. The summed E-state index contributed by atoms with van der Waals surface area (Å²) < 4.78 is 3.48. The second kappa shape index (κ2) is 10.1. The Morgan fingerprint density at radius 2 is 1.71 bits per heavy atom. The van der Waals surface area contributed by atoms with Crippen molar-refractivity contribution in [2.75, 3.05) is 31.1 Å². The number of nitrogens with one attached hydrogen (secondary N) is 1. The quantitative estimate of drug-likeness (QED) is 0.396. The molecule has 1 N–H and O–H groups in total. The Hall–Kier alpha value is -3.39. The van der Waals surface area contributed by atoms with Gasteiger partial charge in [-0.25, -0.2) is 4.79 Å². The zero-order valence-corrected chi connectivity index (χ0v) is 20.7. The number of hydrogen-bond donors (Lipinski definition) is 1. The lowest BCUT2D eigenvalue weighted by atomic mass is 10.0. The zero-order chi connectivity index (χ0) is 24.4. The summed E-state index contributed by atoms with van der Waals surface area (Å²) in [6.45, 7) is 7.31. The normalized spacial score (nSPS) is 14.9. The molecular formula is C27H34N6O2. The van der Waals surface area contributed by atoms with Crippen molar-refractivity contribution in [2.45, 2.75) is 45.7 Å². The first-order chi connectivity index (χ1) is 17.1. The van der Waals surface area contributed by atoms with Crippen LogP contribution in [-0.2, 0) is 20.1 Å².